The predicted octanol–water partition coefficient (Wildman–Crippen LogP) is 13.8. The maximum atomic E-state index is 6.56. The van der Waals surface area contributed by atoms with E-state index >= 15 is 0 Å². The summed E-state index contributed by atoms with van der Waals surface area (Å²) in [7, 11) is 0. The van der Waals surface area contributed by atoms with Crippen LogP contribution in [0.5, 0.6) is 0 Å². The molecular weight excluding hydrogens is 593 g/mol. The van der Waals surface area contributed by atoms with Crippen LogP contribution in [0.2, 0.25) is 0 Å². The van der Waals surface area contributed by atoms with Gasteiger partial charge in [-0.15, -0.1) is 0 Å². The van der Waals surface area contributed by atoms with Crippen molar-refractivity contribution >= 4 is 86.6 Å². The molecule has 0 bridgehead atoms. The topological polar surface area (TPSA) is 13.1 Å². The number of rotatable bonds is 2. The van der Waals surface area contributed by atoms with Crippen molar-refractivity contribution in [3.63, 3.8) is 0 Å². The quantitative estimate of drug-likeness (QED) is 0.138. The first-order valence-corrected chi connectivity index (χ1v) is 16.9. The molecule has 49 heavy (non-hydrogen) atoms. The zero-order valence-electron chi connectivity index (χ0n) is 26.6. The van der Waals surface area contributed by atoms with Crippen LogP contribution in [0.25, 0.3) is 109 Å². The molecule has 0 aliphatic rings. The highest BCUT2D eigenvalue weighted by atomic mass is 16.3. The van der Waals surface area contributed by atoms with E-state index in [1.165, 1.54) is 86.9 Å². The minimum atomic E-state index is 0.910. The lowest BCUT2D eigenvalue weighted by molar-refractivity contribution is 0.669. The Labute approximate surface area is 282 Å². The van der Waals surface area contributed by atoms with Gasteiger partial charge in [-0.05, 0) is 111 Å². The summed E-state index contributed by atoms with van der Waals surface area (Å²) in [4.78, 5) is 0. The van der Waals surface area contributed by atoms with Crippen LogP contribution >= 0.6 is 0 Å². The molecule has 0 aliphatic carbocycles. The van der Waals surface area contributed by atoms with Crippen molar-refractivity contribution in [3.8, 4) is 22.3 Å². The van der Waals surface area contributed by atoms with Crippen molar-refractivity contribution in [3.05, 3.63) is 170 Å². The Balaban J connectivity index is 1.31. The third kappa shape index (κ3) is 3.76. The fourth-order valence-corrected chi connectivity index (χ4v) is 8.51. The molecule has 0 N–H and O–H groups in total. The molecule has 0 saturated heterocycles. The summed E-state index contributed by atoms with van der Waals surface area (Å²) < 4.78 is 6.56. The smallest absolute Gasteiger partial charge is 0.136 e. The number of furan rings is 1. The van der Waals surface area contributed by atoms with Gasteiger partial charge in [0.05, 0.1) is 0 Å². The maximum absolute atomic E-state index is 6.56. The average molecular weight is 621 g/mol. The molecule has 0 fully saturated rings. The molecule has 1 aromatic heterocycles. The van der Waals surface area contributed by atoms with E-state index in [4.69, 9.17) is 4.42 Å². The summed E-state index contributed by atoms with van der Waals surface area (Å²) in [5.74, 6) is 0. The largest absolute Gasteiger partial charge is 0.456 e. The fourth-order valence-electron chi connectivity index (χ4n) is 8.51. The highest BCUT2D eigenvalue weighted by Crippen LogP contribution is 2.49. The van der Waals surface area contributed by atoms with E-state index in [0.29, 0.717) is 0 Å². The minimum absolute atomic E-state index is 0.910. The maximum Gasteiger partial charge on any atom is 0.136 e. The van der Waals surface area contributed by atoms with Gasteiger partial charge in [0.2, 0.25) is 0 Å². The normalized spacial score (nSPS) is 12.1. The lowest BCUT2D eigenvalue weighted by Gasteiger charge is -2.20. The van der Waals surface area contributed by atoms with Gasteiger partial charge < -0.3 is 4.42 Å². The van der Waals surface area contributed by atoms with Crippen LogP contribution in [-0.4, -0.2) is 0 Å². The van der Waals surface area contributed by atoms with Crippen molar-refractivity contribution in [2.24, 2.45) is 0 Å². The zero-order chi connectivity index (χ0) is 32.1. The van der Waals surface area contributed by atoms with Crippen LogP contribution in [0, 0.1) is 0 Å². The first-order valence-electron chi connectivity index (χ1n) is 16.9. The number of fused-ring (bicyclic) bond motifs is 11. The third-order valence-electron chi connectivity index (χ3n) is 10.6. The summed E-state index contributed by atoms with van der Waals surface area (Å²) >= 11 is 0. The monoisotopic (exact) mass is 620 g/mol. The molecule has 0 atom stereocenters. The van der Waals surface area contributed by atoms with Gasteiger partial charge in [0.25, 0.3) is 0 Å². The Morgan fingerprint density at radius 2 is 0.796 bits per heavy atom. The predicted molar refractivity (Wildman–Crippen MR) is 210 cm³/mol. The number of hydrogen-bond acceptors (Lipinski definition) is 1. The van der Waals surface area contributed by atoms with Crippen LogP contribution in [0.3, 0.4) is 0 Å². The number of hydrogen-bond donors (Lipinski definition) is 0. The van der Waals surface area contributed by atoms with Crippen LogP contribution in [0.15, 0.2) is 174 Å². The molecular formula is C48H28O. The van der Waals surface area contributed by atoms with Gasteiger partial charge in [-0.2, -0.15) is 0 Å². The van der Waals surface area contributed by atoms with Crippen molar-refractivity contribution in [2.75, 3.05) is 0 Å². The molecule has 10 aromatic carbocycles. The molecule has 0 saturated carbocycles. The number of benzene rings is 10. The molecule has 0 radical (unpaired) electrons. The second-order valence-electron chi connectivity index (χ2n) is 13.2. The van der Waals surface area contributed by atoms with Crippen LogP contribution < -0.4 is 0 Å². The molecule has 0 amide bonds. The van der Waals surface area contributed by atoms with E-state index in [0.717, 1.165) is 21.9 Å². The first kappa shape index (κ1) is 26.6. The Morgan fingerprint density at radius 3 is 1.47 bits per heavy atom. The lowest BCUT2D eigenvalue weighted by atomic mass is 9.82. The summed E-state index contributed by atoms with van der Waals surface area (Å²) in [6.07, 6.45) is 0. The summed E-state index contributed by atoms with van der Waals surface area (Å²) in [6, 6.07) is 62.1. The van der Waals surface area contributed by atoms with Gasteiger partial charge in [0.1, 0.15) is 11.2 Å². The van der Waals surface area contributed by atoms with Crippen LogP contribution in [0.4, 0.5) is 0 Å². The standard InChI is InChI=1S/C48H28O/c1-2-14-31-28-44-42(26-30(31)13-1)48-40(22-11-23-43(48)49-44)46-35-18-7-9-20-37(35)47(38-21-10-8-19-36(38)46)41-27-32-15-4-6-17-34(32)45-33-16-5-3-12-29(33)24-25-39(41)45/h1-28H. The Hall–Kier alpha value is -6.44. The molecule has 1 heterocycles. The second kappa shape index (κ2) is 10.0. The van der Waals surface area contributed by atoms with E-state index in [-0.39, 0.29) is 0 Å². The Morgan fingerprint density at radius 1 is 0.265 bits per heavy atom. The van der Waals surface area contributed by atoms with Gasteiger partial charge in [-0.3, -0.25) is 0 Å². The van der Waals surface area contributed by atoms with Crippen LogP contribution in [0.1, 0.15) is 0 Å². The van der Waals surface area contributed by atoms with Crippen LogP contribution in [-0.2, 0) is 0 Å². The van der Waals surface area contributed by atoms with E-state index in [2.05, 4.69) is 170 Å². The highest BCUT2D eigenvalue weighted by Gasteiger charge is 2.22. The van der Waals surface area contributed by atoms with Gasteiger partial charge in [0.15, 0.2) is 0 Å². The summed E-state index contributed by atoms with van der Waals surface area (Å²) in [6.45, 7) is 0. The van der Waals surface area contributed by atoms with Gasteiger partial charge >= 0.3 is 0 Å². The lowest BCUT2D eigenvalue weighted by Crippen LogP contribution is -1.93. The minimum Gasteiger partial charge on any atom is -0.456 e. The molecule has 0 unspecified atom stereocenters. The Kier molecular flexibility index (Phi) is 5.45. The molecule has 11 aromatic rings. The van der Waals surface area contributed by atoms with E-state index in [9.17, 15) is 0 Å². The molecule has 0 aliphatic heterocycles. The van der Waals surface area contributed by atoms with Crippen molar-refractivity contribution in [1.82, 2.24) is 0 Å². The fraction of sp³-hybridized carbons (Fsp3) is 0. The highest BCUT2D eigenvalue weighted by molar-refractivity contribution is 6.30. The van der Waals surface area contributed by atoms with E-state index in [1.54, 1.807) is 0 Å². The molecule has 1 nitrogen and oxygen atoms in total. The molecule has 226 valence electrons. The van der Waals surface area contributed by atoms with Crippen molar-refractivity contribution in [1.29, 1.82) is 0 Å². The van der Waals surface area contributed by atoms with Gasteiger partial charge in [0, 0.05) is 10.8 Å². The zero-order valence-corrected chi connectivity index (χ0v) is 26.6. The Bertz CT molecular complexity index is 3090. The van der Waals surface area contributed by atoms with E-state index < -0.39 is 0 Å². The summed E-state index contributed by atoms with van der Waals surface area (Å²) in [5, 5.41) is 17.3. The van der Waals surface area contributed by atoms with Gasteiger partial charge in [-0.1, -0.05) is 146 Å². The molecule has 11 rings (SSSR count). The van der Waals surface area contributed by atoms with Gasteiger partial charge in [-0.25, -0.2) is 0 Å². The second-order valence-corrected chi connectivity index (χ2v) is 13.2. The molecule has 0 spiro atoms. The average Bonchev–Trinajstić information content (AvgIpc) is 3.53. The van der Waals surface area contributed by atoms with Crippen molar-refractivity contribution in [2.45, 2.75) is 0 Å². The SMILES string of the molecule is c1ccc2cc3c(cc2c1)oc1cccc(-c2c4ccccc4c(-c4cc5ccccc5c5c4ccc4ccccc45)c4ccccc24)c13. The first-order chi connectivity index (χ1) is 24.3. The van der Waals surface area contributed by atoms with E-state index in [1.807, 2.05) is 0 Å². The molecule has 1 heteroatoms. The summed E-state index contributed by atoms with van der Waals surface area (Å²) in [5.41, 5.74) is 6.80. The van der Waals surface area contributed by atoms with Crippen molar-refractivity contribution < 1.29 is 4.42 Å². The third-order valence-corrected chi connectivity index (χ3v) is 10.6.